The quantitative estimate of drug-likeness (QED) is 0.899. The number of aliphatic hydroxyl groups excluding tert-OH is 1. The summed E-state index contributed by atoms with van der Waals surface area (Å²) in [4.78, 5) is 0. The Balaban J connectivity index is 2.55. The maximum atomic E-state index is 10.8. The van der Waals surface area contributed by atoms with E-state index in [-0.39, 0.29) is 0 Å². The number of aryl methyl sites for hydroxylation is 2. The summed E-state index contributed by atoms with van der Waals surface area (Å²) in [5, 5.41) is 10.8. The number of rotatable bonds is 4. The Bertz CT molecular complexity index is 653. The van der Waals surface area contributed by atoms with Gasteiger partial charge in [-0.2, -0.15) is 0 Å². The van der Waals surface area contributed by atoms with Gasteiger partial charge in [0.05, 0.1) is 14.2 Å². The van der Waals surface area contributed by atoms with E-state index in [1.54, 1.807) is 14.2 Å². The van der Waals surface area contributed by atoms with E-state index in [0.29, 0.717) is 21.5 Å². The van der Waals surface area contributed by atoms with Crippen LogP contribution in [0.25, 0.3) is 0 Å². The number of hydrogen-bond donors (Lipinski definition) is 1. The van der Waals surface area contributed by atoms with E-state index in [1.807, 2.05) is 44.2 Å². The topological polar surface area (TPSA) is 38.7 Å². The minimum Gasteiger partial charge on any atom is -0.495 e. The summed E-state index contributed by atoms with van der Waals surface area (Å²) in [5.41, 5.74) is 3.74. The van der Waals surface area contributed by atoms with Crippen LogP contribution < -0.4 is 9.47 Å². The van der Waals surface area contributed by atoms with Gasteiger partial charge in [-0.1, -0.05) is 23.8 Å². The number of hydrogen-bond acceptors (Lipinski definition) is 3. The van der Waals surface area contributed by atoms with Crippen molar-refractivity contribution in [3.8, 4) is 11.5 Å². The average molecular weight is 351 g/mol. The summed E-state index contributed by atoms with van der Waals surface area (Å²) >= 11 is 3.47. The molecule has 0 heterocycles. The van der Waals surface area contributed by atoms with Crippen LogP contribution in [0.1, 0.15) is 28.4 Å². The molecule has 4 heteroatoms. The monoisotopic (exact) mass is 350 g/mol. The third-order valence-electron chi connectivity index (χ3n) is 3.54. The third kappa shape index (κ3) is 3.06. The first-order valence-electron chi connectivity index (χ1n) is 6.65. The van der Waals surface area contributed by atoms with Crippen LogP contribution in [-0.2, 0) is 0 Å². The molecule has 1 atom stereocenters. The molecule has 0 bridgehead atoms. The summed E-state index contributed by atoms with van der Waals surface area (Å²) in [7, 11) is 3.18. The van der Waals surface area contributed by atoms with Gasteiger partial charge in [-0.05, 0) is 53.0 Å². The van der Waals surface area contributed by atoms with E-state index in [1.165, 1.54) is 0 Å². The molecular weight excluding hydrogens is 332 g/mol. The van der Waals surface area contributed by atoms with Gasteiger partial charge < -0.3 is 14.6 Å². The zero-order chi connectivity index (χ0) is 15.6. The Morgan fingerprint density at radius 3 is 2.33 bits per heavy atom. The molecule has 2 rings (SSSR count). The zero-order valence-electron chi connectivity index (χ0n) is 12.6. The first-order chi connectivity index (χ1) is 9.99. The number of benzene rings is 2. The van der Waals surface area contributed by atoms with Crippen LogP contribution in [-0.4, -0.2) is 19.3 Å². The third-order valence-corrected chi connectivity index (χ3v) is 4.29. The van der Waals surface area contributed by atoms with Crippen molar-refractivity contribution in [2.75, 3.05) is 14.2 Å². The van der Waals surface area contributed by atoms with Crippen LogP contribution in [0, 0.1) is 13.8 Å². The van der Waals surface area contributed by atoms with Crippen molar-refractivity contribution in [1.82, 2.24) is 0 Å². The molecule has 2 aromatic carbocycles. The zero-order valence-corrected chi connectivity index (χ0v) is 14.2. The lowest BCUT2D eigenvalue weighted by atomic mass is 9.95. The van der Waals surface area contributed by atoms with Crippen LogP contribution in [0.15, 0.2) is 34.8 Å². The lowest BCUT2D eigenvalue weighted by molar-refractivity contribution is 0.213. The van der Waals surface area contributed by atoms with E-state index >= 15 is 0 Å². The molecule has 0 saturated heterocycles. The maximum Gasteiger partial charge on any atom is 0.142 e. The minimum absolute atomic E-state index is 0.586. The van der Waals surface area contributed by atoms with Gasteiger partial charge in [0, 0.05) is 5.56 Å². The second-order valence-electron chi connectivity index (χ2n) is 4.97. The predicted molar refractivity (Wildman–Crippen MR) is 87.2 cm³/mol. The molecule has 0 spiro atoms. The van der Waals surface area contributed by atoms with Crippen molar-refractivity contribution < 1.29 is 14.6 Å². The minimum atomic E-state index is -0.748. The van der Waals surface area contributed by atoms with E-state index in [4.69, 9.17) is 9.47 Å². The van der Waals surface area contributed by atoms with Crippen LogP contribution >= 0.6 is 15.9 Å². The number of halogens is 1. The molecule has 0 aliphatic rings. The summed E-state index contributed by atoms with van der Waals surface area (Å²) in [5.74, 6) is 1.26. The van der Waals surface area contributed by atoms with Crippen molar-refractivity contribution in [3.05, 3.63) is 57.1 Å². The van der Waals surface area contributed by atoms with Gasteiger partial charge in [0.25, 0.3) is 0 Å². The first kappa shape index (κ1) is 15.9. The second kappa shape index (κ2) is 6.50. The molecule has 0 aromatic heterocycles. The Labute approximate surface area is 133 Å². The molecular formula is C17H19BrO3. The molecule has 1 unspecified atom stereocenters. The highest BCUT2D eigenvalue weighted by atomic mass is 79.9. The summed E-state index contributed by atoms with van der Waals surface area (Å²) in [6, 6.07) is 9.69. The molecule has 2 aromatic rings. The lowest BCUT2D eigenvalue weighted by Crippen LogP contribution is -2.05. The van der Waals surface area contributed by atoms with Crippen LogP contribution in [0.3, 0.4) is 0 Å². The highest BCUT2D eigenvalue weighted by Crippen LogP contribution is 2.41. The van der Waals surface area contributed by atoms with Crippen molar-refractivity contribution in [3.63, 3.8) is 0 Å². The smallest absolute Gasteiger partial charge is 0.142 e. The van der Waals surface area contributed by atoms with Crippen molar-refractivity contribution >= 4 is 15.9 Å². The van der Waals surface area contributed by atoms with E-state index < -0.39 is 6.10 Å². The van der Waals surface area contributed by atoms with Crippen molar-refractivity contribution in [2.24, 2.45) is 0 Å². The van der Waals surface area contributed by atoms with Gasteiger partial charge in [-0.3, -0.25) is 0 Å². The fraction of sp³-hybridized carbons (Fsp3) is 0.294. The largest absolute Gasteiger partial charge is 0.495 e. The molecule has 0 radical (unpaired) electrons. The Hall–Kier alpha value is -1.52. The van der Waals surface area contributed by atoms with Crippen LogP contribution in [0.4, 0.5) is 0 Å². The molecule has 112 valence electrons. The van der Waals surface area contributed by atoms with Gasteiger partial charge in [-0.15, -0.1) is 0 Å². The SMILES string of the molecule is COc1ccc(C(O)c2cc(C)ccc2C)c(OC)c1Br. The molecule has 0 aliphatic carbocycles. The molecule has 0 saturated carbocycles. The van der Waals surface area contributed by atoms with Crippen molar-refractivity contribution in [2.45, 2.75) is 20.0 Å². The average Bonchev–Trinajstić information content (AvgIpc) is 2.48. The number of methoxy groups -OCH3 is 2. The van der Waals surface area contributed by atoms with Gasteiger partial charge >= 0.3 is 0 Å². The van der Waals surface area contributed by atoms with Crippen LogP contribution in [0.5, 0.6) is 11.5 Å². The Morgan fingerprint density at radius 1 is 1.00 bits per heavy atom. The molecule has 0 amide bonds. The molecule has 0 fully saturated rings. The molecule has 1 N–H and O–H groups in total. The summed E-state index contributed by atoms with van der Waals surface area (Å²) in [6.45, 7) is 4.00. The van der Waals surface area contributed by atoms with E-state index in [9.17, 15) is 5.11 Å². The molecule has 3 nitrogen and oxygen atoms in total. The highest BCUT2D eigenvalue weighted by Gasteiger charge is 2.21. The fourth-order valence-corrected chi connectivity index (χ4v) is 3.04. The Kier molecular flexibility index (Phi) is 4.91. The lowest BCUT2D eigenvalue weighted by Gasteiger charge is -2.19. The summed E-state index contributed by atoms with van der Waals surface area (Å²) < 4.78 is 11.4. The fourth-order valence-electron chi connectivity index (χ4n) is 2.36. The van der Waals surface area contributed by atoms with Gasteiger partial charge in [-0.25, -0.2) is 0 Å². The predicted octanol–water partition coefficient (Wildman–Crippen LogP) is 4.16. The second-order valence-corrected chi connectivity index (χ2v) is 5.76. The maximum absolute atomic E-state index is 10.8. The summed E-state index contributed by atoms with van der Waals surface area (Å²) in [6.07, 6.45) is -0.748. The number of ether oxygens (including phenoxy) is 2. The number of aliphatic hydroxyl groups is 1. The van der Waals surface area contributed by atoms with Gasteiger partial charge in [0.2, 0.25) is 0 Å². The van der Waals surface area contributed by atoms with Gasteiger partial charge in [0.15, 0.2) is 0 Å². The molecule has 21 heavy (non-hydrogen) atoms. The van der Waals surface area contributed by atoms with Crippen molar-refractivity contribution in [1.29, 1.82) is 0 Å². The Morgan fingerprint density at radius 2 is 1.71 bits per heavy atom. The van der Waals surface area contributed by atoms with Crippen LogP contribution in [0.2, 0.25) is 0 Å². The normalized spacial score (nSPS) is 12.1. The van der Waals surface area contributed by atoms with Gasteiger partial charge in [0.1, 0.15) is 22.1 Å². The van der Waals surface area contributed by atoms with E-state index in [0.717, 1.165) is 16.7 Å². The van der Waals surface area contributed by atoms with E-state index in [2.05, 4.69) is 15.9 Å². The molecule has 0 aliphatic heterocycles. The first-order valence-corrected chi connectivity index (χ1v) is 7.44. The standard InChI is InChI=1S/C17H19BrO3/c1-10-5-6-11(2)13(9-10)16(19)12-7-8-14(20-3)15(18)17(12)21-4/h5-9,16,19H,1-4H3. The highest BCUT2D eigenvalue weighted by molar-refractivity contribution is 9.10.